The number of pyridine rings is 1. The Morgan fingerprint density at radius 3 is 2.60 bits per heavy atom. The van der Waals surface area contributed by atoms with E-state index in [-0.39, 0.29) is 23.3 Å². The Kier molecular flexibility index (Phi) is 6.27. The van der Waals surface area contributed by atoms with Crippen LogP contribution in [0.3, 0.4) is 0 Å². The number of hydrogen-bond acceptors (Lipinski definition) is 5. The van der Waals surface area contributed by atoms with Gasteiger partial charge in [-0.05, 0) is 76.6 Å². The predicted octanol–water partition coefficient (Wildman–Crippen LogP) is 2.73. The molecular formula is C23H34N4O3. The highest BCUT2D eigenvalue weighted by Crippen LogP contribution is 2.59. The van der Waals surface area contributed by atoms with E-state index in [1.165, 1.54) is 0 Å². The SMILES string of the molecule is CCOC(=O)N1CCC(N2CCC3(CC2)CC3C(=O)NCc2cccc(C)n2)CC1. The number of rotatable bonds is 5. The molecule has 1 unspecified atom stereocenters. The van der Waals surface area contributed by atoms with Gasteiger partial charge >= 0.3 is 6.09 Å². The number of amides is 2. The first-order chi connectivity index (χ1) is 14.5. The number of aromatic nitrogens is 1. The number of hydrogen-bond donors (Lipinski definition) is 1. The van der Waals surface area contributed by atoms with Crippen LogP contribution < -0.4 is 5.32 Å². The molecule has 1 N–H and O–H groups in total. The average Bonchev–Trinajstić information content (AvgIpc) is 3.46. The highest BCUT2D eigenvalue weighted by Gasteiger charge is 2.58. The lowest BCUT2D eigenvalue weighted by Crippen LogP contribution is -2.49. The molecule has 1 saturated carbocycles. The van der Waals surface area contributed by atoms with E-state index in [1.54, 1.807) is 0 Å². The number of carbonyl (C=O) groups is 2. The molecule has 2 aliphatic heterocycles. The molecule has 1 spiro atoms. The second-order valence-electron chi connectivity index (χ2n) is 9.06. The lowest BCUT2D eigenvalue weighted by Gasteiger charge is -2.42. The fourth-order valence-corrected chi connectivity index (χ4v) is 5.23. The Labute approximate surface area is 179 Å². The standard InChI is InChI=1S/C23H34N4O3/c1-3-30-22(29)27-11-7-19(8-12-27)26-13-9-23(10-14-26)15-20(23)21(28)24-16-18-6-4-5-17(2)25-18/h4-6,19-20H,3,7-16H2,1-2H3,(H,24,28). The Bertz CT molecular complexity index is 767. The van der Waals surface area contributed by atoms with Crippen LogP contribution in [-0.2, 0) is 16.1 Å². The molecule has 0 bridgehead atoms. The molecule has 1 atom stereocenters. The summed E-state index contributed by atoms with van der Waals surface area (Å²) in [5.41, 5.74) is 2.11. The van der Waals surface area contributed by atoms with Crippen molar-refractivity contribution in [3.8, 4) is 0 Å². The lowest BCUT2D eigenvalue weighted by molar-refractivity contribution is -0.123. The monoisotopic (exact) mass is 414 g/mol. The molecule has 3 aliphatic rings. The first-order valence-corrected chi connectivity index (χ1v) is 11.4. The van der Waals surface area contributed by atoms with Crippen LogP contribution in [-0.4, -0.2) is 65.6 Å². The van der Waals surface area contributed by atoms with Crippen LogP contribution in [0, 0.1) is 18.3 Å². The van der Waals surface area contributed by atoms with Gasteiger partial charge in [-0.3, -0.25) is 9.78 Å². The maximum Gasteiger partial charge on any atom is 0.409 e. The zero-order chi connectivity index (χ0) is 21.1. The molecule has 7 heteroatoms. The quantitative estimate of drug-likeness (QED) is 0.802. The Morgan fingerprint density at radius 1 is 1.20 bits per heavy atom. The van der Waals surface area contributed by atoms with Gasteiger partial charge in [-0.25, -0.2) is 4.79 Å². The lowest BCUT2D eigenvalue weighted by atomic mass is 9.88. The summed E-state index contributed by atoms with van der Waals surface area (Å²) in [5.74, 6) is 0.352. The van der Waals surface area contributed by atoms with E-state index in [1.807, 2.05) is 36.9 Å². The Balaban J connectivity index is 1.20. The van der Waals surface area contributed by atoms with Gasteiger partial charge in [0.05, 0.1) is 18.8 Å². The average molecular weight is 415 g/mol. The van der Waals surface area contributed by atoms with Gasteiger partial charge in [-0.1, -0.05) is 6.07 Å². The summed E-state index contributed by atoms with van der Waals surface area (Å²) in [6.07, 6.45) is 5.08. The second kappa shape index (κ2) is 8.92. The van der Waals surface area contributed by atoms with E-state index in [4.69, 9.17) is 4.74 Å². The van der Waals surface area contributed by atoms with Gasteiger partial charge in [0.15, 0.2) is 0 Å². The number of likely N-dealkylation sites (tertiary alicyclic amines) is 2. The minimum Gasteiger partial charge on any atom is -0.450 e. The second-order valence-corrected chi connectivity index (χ2v) is 9.06. The van der Waals surface area contributed by atoms with Crippen molar-refractivity contribution in [3.63, 3.8) is 0 Å². The summed E-state index contributed by atoms with van der Waals surface area (Å²) in [7, 11) is 0. The zero-order valence-corrected chi connectivity index (χ0v) is 18.2. The first kappa shape index (κ1) is 21.1. The fourth-order valence-electron chi connectivity index (χ4n) is 5.23. The van der Waals surface area contributed by atoms with Gasteiger partial charge in [-0.2, -0.15) is 0 Å². The minimum atomic E-state index is -0.179. The molecule has 4 rings (SSSR count). The van der Waals surface area contributed by atoms with Crippen LogP contribution in [0.25, 0.3) is 0 Å². The molecule has 0 radical (unpaired) electrons. The highest BCUT2D eigenvalue weighted by atomic mass is 16.6. The summed E-state index contributed by atoms with van der Waals surface area (Å²) in [5, 5.41) is 3.10. The third-order valence-electron chi connectivity index (χ3n) is 7.20. The minimum absolute atomic E-state index is 0.162. The molecule has 3 heterocycles. The van der Waals surface area contributed by atoms with Crippen molar-refractivity contribution in [2.24, 2.45) is 11.3 Å². The van der Waals surface area contributed by atoms with Crippen LogP contribution in [0.15, 0.2) is 18.2 Å². The molecule has 164 valence electrons. The molecule has 7 nitrogen and oxygen atoms in total. The summed E-state index contributed by atoms with van der Waals surface area (Å²) < 4.78 is 5.12. The Hall–Kier alpha value is -2.15. The zero-order valence-electron chi connectivity index (χ0n) is 18.2. The van der Waals surface area contributed by atoms with Crippen molar-refractivity contribution in [3.05, 3.63) is 29.6 Å². The number of piperidine rings is 2. The molecule has 1 aromatic heterocycles. The van der Waals surface area contributed by atoms with Gasteiger partial charge in [0, 0.05) is 30.7 Å². The maximum atomic E-state index is 12.7. The summed E-state index contributed by atoms with van der Waals surface area (Å²) in [6.45, 7) is 8.45. The molecular weight excluding hydrogens is 380 g/mol. The van der Waals surface area contributed by atoms with Gasteiger partial charge in [0.1, 0.15) is 0 Å². The van der Waals surface area contributed by atoms with Gasteiger partial charge in [0.25, 0.3) is 0 Å². The van der Waals surface area contributed by atoms with Crippen molar-refractivity contribution < 1.29 is 14.3 Å². The van der Waals surface area contributed by atoms with Gasteiger partial charge < -0.3 is 19.9 Å². The van der Waals surface area contributed by atoms with Crippen molar-refractivity contribution in [2.45, 2.75) is 58.5 Å². The number of nitrogens with zero attached hydrogens (tertiary/aromatic N) is 3. The Morgan fingerprint density at radius 2 is 1.93 bits per heavy atom. The van der Waals surface area contributed by atoms with Crippen molar-refractivity contribution in [1.29, 1.82) is 0 Å². The van der Waals surface area contributed by atoms with Gasteiger partial charge in [-0.15, -0.1) is 0 Å². The van der Waals surface area contributed by atoms with E-state index in [9.17, 15) is 9.59 Å². The number of carbonyl (C=O) groups excluding carboxylic acids is 2. The predicted molar refractivity (Wildman–Crippen MR) is 114 cm³/mol. The topological polar surface area (TPSA) is 74.8 Å². The van der Waals surface area contributed by atoms with E-state index in [2.05, 4.69) is 15.2 Å². The van der Waals surface area contributed by atoms with E-state index in [0.29, 0.717) is 19.2 Å². The van der Waals surface area contributed by atoms with E-state index < -0.39 is 0 Å². The van der Waals surface area contributed by atoms with E-state index >= 15 is 0 Å². The van der Waals surface area contributed by atoms with Crippen LogP contribution >= 0.6 is 0 Å². The van der Waals surface area contributed by atoms with E-state index in [0.717, 1.165) is 69.7 Å². The third kappa shape index (κ3) is 4.61. The van der Waals surface area contributed by atoms with Crippen LogP contribution in [0.4, 0.5) is 4.79 Å². The van der Waals surface area contributed by atoms with Gasteiger partial charge in [0.2, 0.25) is 5.91 Å². The smallest absolute Gasteiger partial charge is 0.409 e. The van der Waals surface area contributed by atoms with Crippen LogP contribution in [0.5, 0.6) is 0 Å². The molecule has 30 heavy (non-hydrogen) atoms. The third-order valence-corrected chi connectivity index (χ3v) is 7.20. The summed E-state index contributed by atoms with van der Waals surface area (Å²) in [6, 6.07) is 6.46. The molecule has 1 aromatic rings. The normalized spacial score (nSPS) is 23.9. The largest absolute Gasteiger partial charge is 0.450 e. The molecule has 2 saturated heterocycles. The van der Waals surface area contributed by atoms with Crippen LogP contribution in [0.1, 0.15) is 50.4 Å². The number of aryl methyl sites for hydroxylation is 1. The highest BCUT2D eigenvalue weighted by molar-refractivity contribution is 5.82. The molecule has 3 fully saturated rings. The number of nitrogens with one attached hydrogen (secondary N) is 1. The maximum absolute atomic E-state index is 12.7. The summed E-state index contributed by atoms with van der Waals surface area (Å²) in [4.78, 5) is 33.4. The van der Waals surface area contributed by atoms with Crippen molar-refractivity contribution in [1.82, 2.24) is 20.1 Å². The number of ether oxygens (including phenoxy) is 1. The fraction of sp³-hybridized carbons (Fsp3) is 0.696. The van der Waals surface area contributed by atoms with Crippen LogP contribution in [0.2, 0.25) is 0 Å². The molecule has 0 aromatic carbocycles. The van der Waals surface area contributed by atoms with Crippen molar-refractivity contribution in [2.75, 3.05) is 32.8 Å². The first-order valence-electron chi connectivity index (χ1n) is 11.4. The summed E-state index contributed by atoms with van der Waals surface area (Å²) >= 11 is 0. The molecule has 1 aliphatic carbocycles. The van der Waals surface area contributed by atoms with Crippen molar-refractivity contribution >= 4 is 12.0 Å². The molecule has 2 amide bonds.